The van der Waals surface area contributed by atoms with Crippen LogP contribution in [0.1, 0.15) is 58.0 Å². The number of aryl methyl sites for hydroxylation is 1. The molecule has 1 amide bonds. The fourth-order valence-corrected chi connectivity index (χ4v) is 6.91. The summed E-state index contributed by atoms with van der Waals surface area (Å²) in [4.78, 5) is 13.1. The molecule has 210 valence electrons. The molecule has 0 radical (unpaired) electrons. The van der Waals surface area contributed by atoms with Crippen molar-refractivity contribution in [2.75, 3.05) is 26.8 Å². The van der Waals surface area contributed by atoms with Gasteiger partial charge in [0.25, 0.3) is 5.91 Å². The first kappa shape index (κ1) is 27.1. The molecule has 0 aromatic heterocycles. The highest BCUT2D eigenvalue weighted by molar-refractivity contribution is 6.34. The minimum Gasteiger partial charge on any atom is -0.480 e. The summed E-state index contributed by atoms with van der Waals surface area (Å²) in [5.74, 6) is -1.64. The summed E-state index contributed by atoms with van der Waals surface area (Å²) in [5.41, 5.74) is 1.72. The van der Waals surface area contributed by atoms with Crippen LogP contribution in [0.5, 0.6) is 5.75 Å². The van der Waals surface area contributed by atoms with Gasteiger partial charge in [0.1, 0.15) is 17.4 Å². The lowest BCUT2D eigenvalue weighted by molar-refractivity contribution is 0.0273. The Morgan fingerprint density at radius 2 is 2.02 bits per heavy atom. The van der Waals surface area contributed by atoms with Gasteiger partial charge < -0.3 is 25.2 Å². The van der Waals surface area contributed by atoms with Gasteiger partial charge in [0.05, 0.1) is 35.9 Å². The van der Waals surface area contributed by atoms with E-state index in [0.717, 1.165) is 24.9 Å². The Kier molecular flexibility index (Phi) is 7.29. The zero-order valence-electron chi connectivity index (χ0n) is 22.2. The van der Waals surface area contributed by atoms with Gasteiger partial charge in [-0.1, -0.05) is 41.9 Å². The van der Waals surface area contributed by atoms with Crippen molar-refractivity contribution in [1.29, 1.82) is 0 Å². The molecule has 9 heteroatoms. The summed E-state index contributed by atoms with van der Waals surface area (Å²) in [6.45, 7) is 0.679. The fraction of sp³-hybridized carbons (Fsp3) is 0.387. The number of aliphatic hydroxyl groups is 1. The Labute approximate surface area is 236 Å². The summed E-state index contributed by atoms with van der Waals surface area (Å²) in [6, 6.07) is 12.6. The average molecular weight is 569 g/mol. The van der Waals surface area contributed by atoms with E-state index in [1.54, 1.807) is 6.07 Å². The van der Waals surface area contributed by atoms with E-state index in [1.165, 1.54) is 13.1 Å². The molecule has 2 aliphatic heterocycles. The molecule has 2 heterocycles. The van der Waals surface area contributed by atoms with E-state index < -0.39 is 29.2 Å². The van der Waals surface area contributed by atoms with Crippen molar-refractivity contribution in [3.8, 4) is 16.9 Å². The number of carbonyl (C=O) groups is 1. The largest absolute Gasteiger partial charge is 0.480 e. The molecule has 3 aromatic rings. The Balaban J connectivity index is 1.58. The van der Waals surface area contributed by atoms with Crippen LogP contribution in [0.25, 0.3) is 11.1 Å². The van der Waals surface area contributed by atoms with Crippen LogP contribution in [-0.4, -0.2) is 43.9 Å². The van der Waals surface area contributed by atoms with Crippen LogP contribution in [0.15, 0.2) is 42.5 Å². The van der Waals surface area contributed by atoms with Crippen molar-refractivity contribution in [2.24, 2.45) is 0 Å². The maximum atomic E-state index is 16.7. The highest BCUT2D eigenvalue weighted by Gasteiger charge is 2.50. The number of aliphatic hydroxyl groups excluding tert-OH is 1. The fourth-order valence-electron chi connectivity index (χ4n) is 6.65. The third kappa shape index (κ3) is 4.29. The molecule has 3 atom stereocenters. The first-order valence-electron chi connectivity index (χ1n) is 13.7. The summed E-state index contributed by atoms with van der Waals surface area (Å²) >= 11 is 6.66. The molecule has 1 fully saturated rings. The zero-order chi connectivity index (χ0) is 28.0. The van der Waals surface area contributed by atoms with Gasteiger partial charge in [-0.05, 0) is 49.4 Å². The SMILES string of the molecule is CNC(=O)c1cc2c(c(F)c1-c1c(Cl)c(F)cc3c1C[C@](c1ccccc1)([C@@H]1CCCN1)O3)[C@@H](OCCO)CC2. The number of hydrogen-bond donors (Lipinski definition) is 3. The predicted molar refractivity (Wildman–Crippen MR) is 148 cm³/mol. The molecular weight excluding hydrogens is 538 g/mol. The molecule has 6 nitrogen and oxygen atoms in total. The minimum atomic E-state index is -0.862. The Hall–Kier alpha value is -3.04. The number of benzene rings is 3. The maximum Gasteiger partial charge on any atom is 0.251 e. The average Bonchev–Trinajstić information content (AvgIpc) is 3.73. The lowest BCUT2D eigenvalue weighted by Crippen LogP contribution is -2.48. The van der Waals surface area contributed by atoms with Gasteiger partial charge in [0.15, 0.2) is 5.60 Å². The van der Waals surface area contributed by atoms with Crippen LogP contribution >= 0.6 is 11.6 Å². The molecule has 0 spiro atoms. The monoisotopic (exact) mass is 568 g/mol. The molecular formula is C31H31ClF2N2O4. The van der Waals surface area contributed by atoms with Crippen molar-refractivity contribution in [1.82, 2.24) is 10.6 Å². The van der Waals surface area contributed by atoms with Gasteiger partial charge in [-0.2, -0.15) is 0 Å². The standard InChI is InChI=1S/C31H31ClF2N2O4/c1-35-30(38)19-14-17-9-10-22(39-13-12-37)25(17)29(34)27(19)26-20-16-31(24-8-5-11-36-24,18-6-3-2-4-7-18)40-23(20)15-21(33)28(26)32/h2-4,6-7,14-15,22,24,36-37H,5,8-13,16H2,1H3,(H,35,38)/t22-,24-,31-/m0/s1. The number of fused-ring (bicyclic) bond motifs is 2. The van der Waals surface area contributed by atoms with E-state index in [4.69, 9.17) is 21.1 Å². The van der Waals surface area contributed by atoms with Gasteiger partial charge in [-0.25, -0.2) is 8.78 Å². The van der Waals surface area contributed by atoms with Crippen LogP contribution in [0.3, 0.4) is 0 Å². The van der Waals surface area contributed by atoms with E-state index in [-0.39, 0.29) is 46.7 Å². The number of rotatable bonds is 7. The quantitative estimate of drug-likeness (QED) is 0.364. The van der Waals surface area contributed by atoms with E-state index in [1.807, 2.05) is 30.3 Å². The number of carbonyl (C=O) groups excluding carboxylic acids is 1. The lowest BCUT2D eigenvalue weighted by Gasteiger charge is -2.35. The third-order valence-electron chi connectivity index (χ3n) is 8.42. The van der Waals surface area contributed by atoms with Crippen molar-refractivity contribution >= 4 is 17.5 Å². The first-order valence-corrected chi connectivity index (χ1v) is 14.1. The van der Waals surface area contributed by atoms with Crippen LogP contribution in [0.4, 0.5) is 8.78 Å². The van der Waals surface area contributed by atoms with E-state index >= 15 is 8.78 Å². The van der Waals surface area contributed by atoms with Crippen molar-refractivity contribution in [3.63, 3.8) is 0 Å². The second-order valence-electron chi connectivity index (χ2n) is 10.6. The van der Waals surface area contributed by atoms with Crippen LogP contribution in [-0.2, 0) is 23.2 Å². The number of halogens is 3. The zero-order valence-corrected chi connectivity index (χ0v) is 22.9. The Bertz CT molecular complexity index is 1460. The number of nitrogens with one attached hydrogen (secondary N) is 2. The molecule has 1 saturated heterocycles. The molecule has 0 bridgehead atoms. The second-order valence-corrected chi connectivity index (χ2v) is 11.0. The van der Waals surface area contributed by atoms with Crippen LogP contribution < -0.4 is 15.4 Å². The highest BCUT2D eigenvalue weighted by atomic mass is 35.5. The van der Waals surface area contributed by atoms with E-state index in [2.05, 4.69) is 10.6 Å². The normalized spacial score (nSPS) is 23.1. The summed E-state index contributed by atoms with van der Waals surface area (Å²) in [5, 5.41) is 15.2. The van der Waals surface area contributed by atoms with Crippen molar-refractivity contribution < 1.29 is 28.2 Å². The van der Waals surface area contributed by atoms with Crippen LogP contribution in [0, 0.1) is 11.6 Å². The van der Waals surface area contributed by atoms with Crippen molar-refractivity contribution in [3.05, 3.63) is 86.9 Å². The predicted octanol–water partition coefficient (Wildman–Crippen LogP) is 5.22. The molecule has 0 saturated carbocycles. The molecule has 1 aliphatic carbocycles. The Morgan fingerprint density at radius 3 is 2.73 bits per heavy atom. The molecule has 0 unspecified atom stereocenters. The van der Waals surface area contributed by atoms with Gasteiger partial charge in [0.2, 0.25) is 0 Å². The first-order chi connectivity index (χ1) is 19.4. The summed E-state index contributed by atoms with van der Waals surface area (Å²) in [6.07, 6.45) is 2.56. The number of ether oxygens (including phenoxy) is 2. The molecule has 3 aliphatic rings. The van der Waals surface area contributed by atoms with Gasteiger partial charge in [0, 0.05) is 41.8 Å². The highest BCUT2D eigenvalue weighted by Crippen LogP contribution is 2.53. The summed E-state index contributed by atoms with van der Waals surface area (Å²) in [7, 11) is 1.47. The maximum absolute atomic E-state index is 16.7. The molecule has 3 N–H and O–H groups in total. The van der Waals surface area contributed by atoms with Gasteiger partial charge >= 0.3 is 0 Å². The minimum absolute atomic E-state index is 0.0496. The summed E-state index contributed by atoms with van der Waals surface area (Å²) < 4.78 is 44.7. The smallest absolute Gasteiger partial charge is 0.251 e. The van der Waals surface area contributed by atoms with E-state index in [0.29, 0.717) is 36.0 Å². The number of amides is 1. The van der Waals surface area contributed by atoms with E-state index in [9.17, 15) is 9.90 Å². The van der Waals surface area contributed by atoms with Crippen LogP contribution in [0.2, 0.25) is 5.02 Å². The topological polar surface area (TPSA) is 79.8 Å². The Morgan fingerprint density at radius 1 is 1.23 bits per heavy atom. The van der Waals surface area contributed by atoms with Gasteiger partial charge in [-0.15, -0.1) is 0 Å². The molecule has 40 heavy (non-hydrogen) atoms. The number of hydrogen-bond acceptors (Lipinski definition) is 5. The molecule has 3 aromatic carbocycles. The molecule has 6 rings (SSSR count). The van der Waals surface area contributed by atoms with Gasteiger partial charge in [-0.3, -0.25) is 4.79 Å². The second kappa shape index (κ2) is 10.7. The lowest BCUT2D eigenvalue weighted by atomic mass is 9.80. The third-order valence-corrected chi connectivity index (χ3v) is 8.79. The van der Waals surface area contributed by atoms with Crippen molar-refractivity contribution in [2.45, 2.75) is 49.9 Å².